The van der Waals surface area contributed by atoms with E-state index in [1.165, 1.54) is 18.2 Å². The van der Waals surface area contributed by atoms with Crippen LogP contribution in [-0.4, -0.2) is 30.3 Å². The smallest absolute Gasteiger partial charge is 0.457 e. The maximum Gasteiger partial charge on any atom is 0.573 e. The molecular weight excluding hydrogens is 488 g/mol. The summed E-state index contributed by atoms with van der Waals surface area (Å²) in [5.41, 5.74) is 1.54. The van der Waals surface area contributed by atoms with Crippen LogP contribution in [0, 0.1) is 0 Å². The molecule has 0 spiro atoms. The first-order valence-corrected chi connectivity index (χ1v) is 11.1. The Bertz CT molecular complexity index is 1120. The highest BCUT2D eigenvalue weighted by atomic mass is 19.4. The van der Waals surface area contributed by atoms with Crippen molar-refractivity contribution in [3.63, 3.8) is 0 Å². The number of aryl methyl sites for hydroxylation is 1. The maximum absolute atomic E-state index is 12.8. The van der Waals surface area contributed by atoms with Crippen LogP contribution in [0.1, 0.15) is 30.4 Å². The topological polar surface area (TPSA) is 50.7 Å². The van der Waals surface area contributed by atoms with E-state index in [0.29, 0.717) is 41.2 Å². The minimum Gasteiger partial charge on any atom is -0.457 e. The standard InChI is InChI=1S/C26H25F6NO3/c1-17(13-14-18-7-5-10-20(15-18)36-26(30,31)32)24-21(33-16-23(34)25(27,28)29)11-6-12-22(24)35-19-8-3-2-4-9-19/h2-12,15,17,23,33-34H,13-14,16H2,1H3. The number of hydrogen-bond acceptors (Lipinski definition) is 4. The third kappa shape index (κ3) is 8.08. The van der Waals surface area contributed by atoms with Gasteiger partial charge in [-0.1, -0.05) is 43.3 Å². The van der Waals surface area contributed by atoms with Crippen molar-refractivity contribution in [3.05, 3.63) is 83.9 Å². The summed E-state index contributed by atoms with van der Waals surface area (Å²) >= 11 is 0. The van der Waals surface area contributed by atoms with Gasteiger partial charge < -0.3 is 19.9 Å². The average molecular weight is 513 g/mol. The number of halogens is 6. The number of para-hydroxylation sites is 1. The van der Waals surface area contributed by atoms with Crippen molar-refractivity contribution in [2.45, 2.75) is 44.3 Å². The molecule has 0 fully saturated rings. The summed E-state index contributed by atoms with van der Waals surface area (Å²) in [5.74, 6) is 0.330. The van der Waals surface area contributed by atoms with E-state index in [9.17, 15) is 31.4 Å². The molecule has 3 aromatic carbocycles. The van der Waals surface area contributed by atoms with Crippen molar-refractivity contribution in [3.8, 4) is 17.2 Å². The number of nitrogens with one attached hydrogen (secondary N) is 1. The van der Waals surface area contributed by atoms with E-state index < -0.39 is 25.2 Å². The van der Waals surface area contributed by atoms with Crippen molar-refractivity contribution in [1.82, 2.24) is 0 Å². The van der Waals surface area contributed by atoms with Crippen molar-refractivity contribution in [1.29, 1.82) is 0 Å². The van der Waals surface area contributed by atoms with E-state index in [4.69, 9.17) is 4.74 Å². The zero-order valence-electron chi connectivity index (χ0n) is 19.2. The number of alkyl halides is 6. The summed E-state index contributed by atoms with van der Waals surface area (Å²) in [5, 5.41) is 12.1. The van der Waals surface area contributed by atoms with Gasteiger partial charge in [0.2, 0.25) is 0 Å². The molecule has 0 saturated heterocycles. The minimum atomic E-state index is -4.80. The monoisotopic (exact) mass is 513 g/mol. The summed E-state index contributed by atoms with van der Waals surface area (Å²) in [6.07, 6.45) is -11.3. The number of ether oxygens (including phenoxy) is 2. The highest BCUT2D eigenvalue weighted by molar-refractivity contribution is 5.60. The minimum absolute atomic E-state index is 0.275. The van der Waals surface area contributed by atoms with Gasteiger partial charge in [0.1, 0.15) is 17.2 Å². The molecule has 0 radical (unpaired) electrons. The number of aliphatic hydroxyl groups is 1. The van der Waals surface area contributed by atoms with Crippen LogP contribution in [0.2, 0.25) is 0 Å². The Balaban J connectivity index is 1.83. The first-order chi connectivity index (χ1) is 16.9. The van der Waals surface area contributed by atoms with E-state index in [0.717, 1.165) is 0 Å². The molecule has 3 rings (SSSR count). The molecule has 0 bridgehead atoms. The molecule has 0 aliphatic rings. The Hall–Kier alpha value is -3.40. The fraction of sp³-hybridized carbons (Fsp3) is 0.308. The molecule has 36 heavy (non-hydrogen) atoms. The highest BCUT2D eigenvalue weighted by Gasteiger charge is 2.38. The van der Waals surface area contributed by atoms with Crippen molar-refractivity contribution >= 4 is 5.69 Å². The summed E-state index contributed by atoms with van der Waals surface area (Å²) in [4.78, 5) is 0. The Morgan fingerprint density at radius 2 is 1.53 bits per heavy atom. The van der Waals surface area contributed by atoms with Crippen LogP contribution in [0.25, 0.3) is 0 Å². The van der Waals surface area contributed by atoms with Crippen LogP contribution >= 0.6 is 0 Å². The molecule has 0 aliphatic heterocycles. The quantitative estimate of drug-likeness (QED) is 0.277. The van der Waals surface area contributed by atoms with Crippen molar-refractivity contribution in [2.75, 3.05) is 11.9 Å². The molecule has 2 unspecified atom stereocenters. The zero-order valence-corrected chi connectivity index (χ0v) is 19.2. The van der Waals surface area contributed by atoms with Gasteiger partial charge >= 0.3 is 12.5 Å². The number of anilines is 1. The lowest BCUT2D eigenvalue weighted by Gasteiger charge is -2.23. The van der Waals surface area contributed by atoms with E-state index in [-0.39, 0.29) is 11.7 Å². The predicted molar refractivity (Wildman–Crippen MR) is 123 cm³/mol. The lowest BCUT2D eigenvalue weighted by atomic mass is 9.91. The Kier molecular flexibility index (Phi) is 8.73. The van der Waals surface area contributed by atoms with Crippen LogP contribution in [0.3, 0.4) is 0 Å². The molecule has 3 aromatic rings. The predicted octanol–water partition coefficient (Wildman–Crippen LogP) is 7.45. The third-order valence-electron chi connectivity index (χ3n) is 5.39. The molecular formula is C26H25F6NO3. The lowest BCUT2D eigenvalue weighted by Crippen LogP contribution is -2.35. The molecule has 0 aliphatic carbocycles. The fourth-order valence-corrected chi connectivity index (χ4v) is 3.66. The van der Waals surface area contributed by atoms with Gasteiger partial charge in [-0.2, -0.15) is 13.2 Å². The normalized spacial score (nSPS) is 13.7. The van der Waals surface area contributed by atoms with Crippen LogP contribution in [0.5, 0.6) is 17.2 Å². The largest absolute Gasteiger partial charge is 0.573 e. The lowest BCUT2D eigenvalue weighted by molar-refractivity contribution is -0.274. The molecule has 4 nitrogen and oxygen atoms in total. The average Bonchev–Trinajstić information content (AvgIpc) is 2.80. The number of benzene rings is 3. The Morgan fingerprint density at radius 1 is 0.861 bits per heavy atom. The van der Waals surface area contributed by atoms with Gasteiger partial charge in [0.05, 0.1) is 0 Å². The molecule has 194 valence electrons. The Labute approximate surface area is 204 Å². The van der Waals surface area contributed by atoms with Gasteiger partial charge in [0.25, 0.3) is 0 Å². The van der Waals surface area contributed by atoms with Crippen LogP contribution in [0.15, 0.2) is 72.8 Å². The molecule has 10 heteroatoms. The molecule has 2 N–H and O–H groups in total. The molecule has 0 saturated carbocycles. The summed E-state index contributed by atoms with van der Waals surface area (Å²) < 4.78 is 86.1. The number of hydrogen-bond donors (Lipinski definition) is 2. The SMILES string of the molecule is CC(CCc1cccc(OC(F)(F)F)c1)c1c(NCC(O)C(F)(F)F)cccc1Oc1ccccc1. The van der Waals surface area contributed by atoms with E-state index in [1.807, 2.05) is 13.0 Å². The van der Waals surface area contributed by atoms with Gasteiger partial charge in [0.15, 0.2) is 6.10 Å². The van der Waals surface area contributed by atoms with Crippen molar-refractivity contribution in [2.24, 2.45) is 0 Å². The second-order valence-electron chi connectivity index (χ2n) is 8.21. The van der Waals surface area contributed by atoms with E-state index in [1.54, 1.807) is 48.5 Å². The second kappa shape index (κ2) is 11.6. The van der Waals surface area contributed by atoms with Gasteiger partial charge in [-0.05, 0) is 60.7 Å². The molecule has 0 aromatic heterocycles. The number of rotatable bonds is 10. The number of aliphatic hydroxyl groups excluding tert-OH is 1. The summed E-state index contributed by atoms with van der Waals surface area (Å²) in [7, 11) is 0. The van der Waals surface area contributed by atoms with Gasteiger partial charge in [-0.15, -0.1) is 13.2 Å². The van der Waals surface area contributed by atoms with Gasteiger partial charge in [0, 0.05) is 17.8 Å². The highest BCUT2D eigenvalue weighted by Crippen LogP contribution is 2.39. The van der Waals surface area contributed by atoms with Crippen molar-refractivity contribution < 1.29 is 40.9 Å². The summed E-state index contributed by atoms with van der Waals surface area (Å²) in [6.45, 7) is 1.09. The second-order valence-corrected chi connectivity index (χ2v) is 8.21. The van der Waals surface area contributed by atoms with Crippen LogP contribution < -0.4 is 14.8 Å². The fourth-order valence-electron chi connectivity index (χ4n) is 3.66. The van der Waals surface area contributed by atoms with Crippen LogP contribution in [0.4, 0.5) is 32.0 Å². The first-order valence-electron chi connectivity index (χ1n) is 11.1. The first kappa shape index (κ1) is 27.2. The maximum atomic E-state index is 12.8. The van der Waals surface area contributed by atoms with E-state index in [2.05, 4.69) is 10.1 Å². The van der Waals surface area contributed by atoms with Gasteiger partial charge in [-0.3, -0.25) is 0 Å². The Morgan fingerprint density at radius 3 is 2.19 bits per heavy atom. The zero-order chi connectivity index (χ0) is 26.3. The molecule has 0 amide bonds. The molecule has 0 heterocycles. The third-order valence-corrected chi connectivity index (χ3v) is 5.39. The summed E-state index contributed by atoms with van der Waals surface area (Å²) in [6, 6.07) is 19.3. The van der Waals surface area contributed by atoms with Gasteiger partial charge in [-0.25, -0.2) is 0 Å². The molecule has 2 atom stereocenters. The van der Waals surface area contributed by atoms with Crippen LogP contribution in [-0.2, 0) is 6.42 Å². The van der Waals surface area contributed by atoms with E-state index >= 15 is 0 Å².